The summed E-state index contributed by atoms with van der Waals surface area (Å²) >= 11 is 0. The second-order valence-electron chi connectivity index (χ2n) is 7.62. The Balaban J connectivity index is 1.56. The standard InChI is InChI=1S/C21H24O4/c22-19-16(8-4-5-13-9-10-13)25-21(24)18(20(19)23)17(15-11-12-15)14-6-2-1-3-7-14/h1-3,6-7,13,15-17,23H,4-5,8-12H2. The molecule has 1 aromatic carbocycles. The van der Waals surface area contributed by atoms with Gasteiger partial charge in [-0.05, 0) is 43.1 Å². The van der Waals surface area contributed by atoms with Crippen LogP contribution in [0.2, 0.25) is 0 Å². The van der Waals surface area contributed by atoms with Gasteiger partial charge in [0.1, 0.15) is 0 Å². The van der Waals surface area contributed by atoms with Crippen LogP contribution in [0.1, 0.15) is 56.4 Å². The van der Waals surface area contributed by atoms with Crippen molar-refractivity contribution in [1.29, 1.82) is 0 Å². The monoisotopic (exact) mass is 340 g/mol. The molecule has 4 heteroatoms. The molecule has 1 heterocycles. The minimum absolute atomic E-state index is 0.164. The Hall–Kier alpha value is -2.10. The van der Waals surface area contributed by atoms with E-state index in [-0.39, 0.29) is 17.3 Å². The highest BCUT2D eigenvalue weighted by atomic mass is 16.6. The van der Waals surface area contributed by atoms with E-state index in [1.165, 1.54) is 12.8 Å². The molecule has 1 N–H and O–H groups in total. The molecule has 2 atom stereocenters. The summed E-state index contributed by atoms with van der Waals surface area (Å²) in [5.74, 6) is -0.475. The summed E-state index contributed by atoms with van der Waals surface area (Å²) < 4.78 is 5.46. The largest absolute Gasteiger partial charge is 0.504 e. The van der Waals surface area contributed by atoms with E-state index in [4.69, 9.17) is 4.74 Å². The lowest BCUT2D eigenvalue weighted by atomic mass is 9.83. The number of rotatable bonds is 7. The van der Waals surface area contributed by atoms with Gasteiger partial charge in [0.15, 0.2) is 11.9 Å². The number of Topliss-reactive ketones (excluding diaryl/α,β-unsaturated/α-hetero) is 1. The Morgan fingerprint density at radius 3 is 2.40 bits per heavy atom. The first-order valence-corrected chi connectivity index (χ1v) is 9.38. The van der Waals surface area contributed by atoms with Crippen molar-refractivity contribution < 1.29 is 19.4 Å². The zero-order valence-electron chi connectivity index (χ0n) is 14.3. The van der Waals surface area contributed by atoms with Crippen LogP contribution in [0.3, 0.4) is 0 Å². The Morgan fingerprint density at radius 1 is 1.04 bits per heavy atom. The van der Waals surface area contributed by atoms with E-state index in [1.807, 2.05) is 30.3 Å². The second kappa shape index (κ2) is 6.66. The van der Waals surface area contributed by atoms with Crippen molar-refractivity contribution >= 4 is 11.8 Å². The SMILES string of the molecule is O=C1OC(CCCC2CC2)C(=O)C(O)=C1C(c1ccccc1)C1CC1. The molecule has 25 heavy (non-hydrogen) atoms. The lowest BCUT2D eigenvalue weighted by Gasteiger charge is -2.28. The van der Waals surface area contributed by atoms with Crippen LogP contribution in [-0.4, -0.2) is 23.0 Å². The highest BCUT2D eigenvalue weighted by Gasteiger charge is 2.45. The van der Waals surface area contributed by atoms with E-state index < -0.39 is 17.9 Å². The number of benzene rings is 1. The number of hydrogen-bond acceptors (Lipinski definition) is 4. The summed E-state index contributed by atoms with van der Waals surface area (Å²) in [5.41, 5.74) is 1.13. The summed E-state index contributed by atoms with van der Waals surface area (Å²) in [6, 6.07) is 9.64. The van der Waals surface area contributed by atoms with Crippen molar-refractivity contribution in [2.24, 2.45) is 11.8 Å². The van der Waals surface area contributed by atoms with Crippen LogP contribution in [-0.2, 0) is 14.3 Å². The van der Waals surface area contributed by atoms with Crippen LogP contribution in [0, 0.1) is 11.8 Å². The molecule has 1 aromatic rings. The maximum absolute atomic E-state index is 12.6. The topological polar surface area (TPSA) is 63.6 Å². The zero-order valence-corrected chi connectivity index (χ0v) is 14.3. The van der Waals surface area contributed by atoms with E-state index in [0.29, 0.717) is 12.3 Å². The molecule has 4 rings (SSSR count). The first kappa shape index (κ1) is 16.4. The van der Waals surface area contributed by atoms with Gasteiger partial charge in [0.25, 0.3) is 0 Å². The predicted octanol–water partition coefficient (Wildman–Crippen LogP) is 4.07. The van der Waals surface area contributed by atoms with Gasteiger partial charge >= 0.3 is 5.97 Å². The molecule has 0 radical (unpaired) electrons. The number of esters is 1. The molecule has 3 aliphatic rings. The molecule has 0 amide bonds. The number of carbonyl (C=O) groups excluding carboxylic acids is 2. The fourth-order valence-corrected chi connectivity index (χ4v) is 3.86. The number of ether oxygens (including phenoxy) is 1. The molecule has 1 aliphatic heterocycles. The number of aliphatic hydroxyl groups excluding tert-OH is 1. The molecule has 4 nitrogen and oxygen atoms in total. The Bertz CT molecular complexity index is 698. The fraction of sp³-hybridized carbons (Fsp3) is 0.524. The van der Waals surface area contributed by atoms with E-state index in [1.54, 1.807) is 0 Å². The van der Waals surface area contributed by atoms with Gasteiger partial charge in [-0.1, -0.05) is 49.6 Å². The van der Waals surface area contributed by atoms with Crippen molar-refractivity contribution in [1.82, 2.24) is 0 Å². The van der Waals surface area contributed by atoms with Gasteiger partial charge in [0.05, 0.1) is 5.57 Å². The van der Waals surface area contributed by atoms with Gasteiger partial charge < -0.3 is 9.84 Å². The quantitative estimate of drug-likeness (QED) is 0.760. The van der Waals surface area contributed by atoms with Gasteiger partial charge in [-0.2, -0.15) is 0 Å². The molecule has 0 spiro atoms. The van der Waals surface area contributed by atoms with Crippen molar-refractivity contribution in [3.63, 3.8) is 0 Å². The Morgan fingerprint density at radius 2 is 1.76 bits per heavy atom. The third-order valence-electron chi connectivity index (χ3n) is 5.59. The Labute approximate surface area is 147 Å². The molecule has 0 saturated heterocycles. The number of ketones is 1. The highest BCUT2D eigenvalue weighted by Crippen LogP contribution is 2.48. The number of cyclic esters (lactones) is 1. The van der Waals surface area contributed by atoms with Crippen LogP contribution in [0.15, 0.2) is 41.7 Å². The average molecular weight is 340 g/mol. The fourth-order valence-electron chi connectivity index (χ4n) is 3.86. The van der Waals surface area contributed by atoms with Crippen LogP contribution in [0.25, 0.3) is 0 Å². The summed E-state index contributed by atoms with van der Waals surface area (Å²) in [5, 5.41) is 10.5. The van der Waals surface area contributed by atoms with E-state index in [2.05, 4.69) is 0 Å². The second-order valence-corrected chi connectivity index (χ2v) is 7.62. The maximum atomic E-state index is 12.6. The third kappa shape index (κ3) is 3.48. The number of carbonyl (C=O) groups is 2. The summed E-state index contributed by atoms with van der Waals surface area (Å²) in [6.07, 6.45) is 6.19. The van der Waals surface area contributed by atoms with Crippen LogP contribution >= 0.6 is 0 Å². The smallest absolute Gasteiger partial charge is 0.339 e. The zero-order chi connectivity index (χ0) is 17.4. The Kier molecular flexibility index (Phi) is 4.36. The van der Waals surface area contributed by atoms with E-state index in [9.17, 15) is 14.7 Å². The lowest BCUT2D eigenvalue weighted by Crippen LogP contribution is -2.37. The number of hydrogen-bond donors (Lipinski definition) is 1. The summed E-state index contributed by atoms with van der Waals surface area (Å²) in [6.45, 7) is 0. The third-order valence-corrected chi connectivity index (χ3v) is 5.59. The van der Waals surface area contributed by atoms with Crippen molar-refractivity contribution in [3.8, 4) is 0 Å². The van der Waals surface area contributed by atoms with Crippen LogP contribution < -0.4 is 0 Å². The lowest BCUT2D eigenvalue weighted by molar-refractivity contribution is -0.155. The molecule has 0 bridgehead atoms. The number of aliphatic hydroxyl groups is 1. The molecule has 0 aromatic heterocycles. The molecule has 2 saturated carbocycles. The van der Waals surface area contributed by atoms with Crippen molar-refractivity contribution in [2.75, 3.05) is 0 Å². The normalized spacial score (nSPS) is 25.0. The molecular formula is C21H24O4. The molecular weight excluding hydrogens is 316 g/mol. The first-order chi connectivity index (χ1) is 12.1. The van der Waals surface area contributed by atoms with Crippen LogP contribution in [0.5, 0.6) is 0 Å². The van der Waals surface area contributed by atoms with Gasteiger partial charge in [-0.25, -0.2) is 4.79 Å². The van der Waals surface area contributed by atoms with Crippen LogP contribution in [0.4, 0.5) is 0 Å². The minimum atomic E-state index is -0.814. The first-order valence-electron chi connectivity index (χ1n) is 9.38. The molecule has 2 fully saturated rings. The van der Waals surface area contributed by atoms with Crippen molar-refractivity contribution in [2.45, 2.75) is 57.0 Å². The van der Waals surface area contributed by atoms with Gasteiger partial charge in [-0.3, -0.25) is 4.79 Å². The average Bonchev–Trinajstić information content (AvgIpc) is 3.51. The molecule has 132 valence electrons. The highest BCUT2D eigenvalue weighted by molar-refractivity contribution is 6.09. The van der Waals surface area contributed by atoms with Gasteiger partial charge in [0, 0.05) is 5.92 Å². The van der Waals surface area contributed by atoms with E-state index in [0.717, 1.165) is 37.2 Å². The van der Waals surface area contributed by atoms with Gasteiger partial charge in [-0.15, -0.1) is 0 Å². The maximum Gasteiger partial charge on any atom is 0.339 e. The predicted molar refractivity (Wildman–Crippen MR) is 93.0 cm³/mol. The summed E-state index contributed by atoms with van der Waals surface area (Å²) in [4.78, 5) is 25.2. The summed E-state index contributed by atoms with van der Waals surface area (Å²) in [7, 11) is 0. The van der Waals surface area contributed by atoms with Crippen molar-refractivity contribution in [3.05, 3.63) is 47.2 Å². The van der Waals surface area contributed by atoms with Gasteiger partial charge in [0.2, 0.25) is 5.78 Å². The van der Waals surface area contributed by atoms with E-state index >= 15 is 0 Å². The molecule has 2 aliphatic carbocycles. The molecule has 2 unspecified atom stereocenters. The minimum Gasteiger partial charge on any atom is -0.504 e.